The molecule has 10 nitrogen and oxygen atoms in total. The van der Waals surface area contributed by atoms with Crippen molar-refractivity contribution < 1.29 is 27.5 Å². The topological polar surface area (TPSA) is 124 Å². The number of hydrogen-bond acceptors (Lipinski definition) is 6. The summed E-state index contributed by atoms with van der Waals surface area (Å²) in [4.78, 5) is 48.0. The summed E-state index contributed by atoms with van der Waals surface area (Å²) >= 11 is 2.93. The van der Waals surface area contributed by atoms with Gasteiger partial charge in [-0.15, -0.1) is 0 Å². The third-order valence-electron chi connectivity index (χ3n) is 8.96. The maximum absolute atomic E-state index is 14.3. The second kappa shape index (κ2) is 13.4. The number of alkyl halides is 3. The lowest BCUT2D eigenvalue weighted by atomic mass is 10.0. The Morgan fingerprint density at radius 3 is 2.47 bits per heavy atom. The van der Waals surface area contributed by atoms with Gasteiger partial charge in [-0.2, -0.15) is 13.2 Å². The van der Waals surface area contributed by atoms with E-state index in [4.69, 9.17) is 10.5 Å². The fourth-order valence-corrected chi connectivity index (χ4v) is 6.71. The molecule has 3 N–H and O–H groups in total. The first-order valence-electron chi connectivity index (χ1n) is 16.3. The van der Waals surface area contributed by atoms with Crippen LogP contribution in [0.3, 0.4) is 0 Å². The van der Waals surface area contributed by atoms with Gasteiger partial charge in [0.25, 0.3) is 11.8 Å². The quantitative estimate of drug-likeness (QED) is 0.184. The largest absolute Gasteiger partial charge is 0.490 e. The van der Waals surface area contributed by atoms with Gasteiger partial charge in [-0.1, -0.05) is 46.3 Å². The summed E-state index contributed by atoms with van der Waals surface area (Å²) in [5.74, 6) is -0.271. The Balaban J connectivity index is 1.26. The molecule has 14 heteroatoms. The number of carbonyl (C=O) groups is 2. The van der Waals surface area contributed by atoms with E-state index in [1.165, 1.54) is 26.2 Å². The number of aromatic nitrogens is 3. The normalized spacial score (nSPS) is 15.7. The Hall–Kier alpha value is -5.37. The van der Waals surface area contributed by atoms with E-state index in [0.717, 1.165) is 30.0 Å². The zero-order chi connectivity index (χ0) is 36.0. The fraction of sp³-hybridized carbons (Fsp3) is 0.243. The van der Waals surface area contributed by atoms with Crippen LogP contribution in [-0.4, -0.2) is 43.0 Å². The van der Waals surface area contributed by atoms with Crippen molar-refractivity contribution in [1.82, 2.24) is 24.3 Å². The van der Waals surface area contributed by atoms with Gasteiger partial charge >= 0.3 is 11.9 Å². The first-order chi connectivity index (χ1) is 24.4. The number of nitrogen functional groups attached to an aromatic ring is 1. The summed E-state index contributed by atoms with van der Waals surface area (Å²) in [6, 6.07) is 22.2. The number of nitrogens with zero attached hydrogens (tertiary/aromatic N) is 4. The molecule has 3 heterocycles. The first-order valence-corrected chi connectivity index (χ1v) is 17.1. The third kappa shape index (κ3) is 6.87. The second-order valence-corrected chi connectivity index (χ2v) is 13.5. The van der Waals surface area contributed by atoms with Gasteiger partial charge in [-0.3, -0.25) is 18.7 Å². The molecule has 0 spiro atoms. The molecule has 1 aliphatic heterocycles. The number of carbonyl (C=O) groups excluding carboxylic acids is 2. The molecule has 2 amide bonds. The minimum absolute atomic E-state index is 0.00640. The smallest absolute Gasteiger partial charge is 0.417 e. The molecule has 7 rings (SSSR count). The lowest BCUT2D eigenvalue weighted by Crippen LogP contribution is -2.47. The van der Waals surface area contributed by atoms with Crippen LogP contribution < -0.4 is 21.5 Å². The van der Waals surface area contributed by atoms with Crippen LogP contribution in [0.2, 0.25) is 0 Å². The number of nitrogens with two attached hydrogens (primary N) is 1. The molecule has 0 bridgehead atoms. The molecule has 5 aromatic rings. The van der Waals surface area contributed by atoms with Crippen molar-refractivity contribution in [2.45, 2.75) is 57.7 Å². The Kier molecular flexibility index (Phi) is 8.96. The van der Waals surface area contributed by atoms with E-state index in [-0.39, 0.29) is 47.2 Å². The van der Waals surface area contributed by atoms with Crippen molar-refractivity contribution in [2.24, 2.45) is 0 Å². The number of halogens is 4. The van der Waals surface area contributed by atoms with E-state index >= 15 is 0 Å². The second-order valence-electron chi connectivity index (χ2n) is 12.6. The molecule has 1 saturated carbocycles. The number of amides is 2. The number of hydrogen-bond donors (Lipinski definition) is 2. The number of rotatable bonds is 8. The Labute approximate surface area is 298 Å². The third-order valence-corrected chi connectivity index (χ3v) is 9.66. The molecule has 262 valence electrons. The van der Waals surface area contributed by atoms with Gasteiger partial charge in [0.05, 0.1) is 35.3 Å². The van der Waals surface area contributed by atoms with Crippen molar-refractivity contribution in [3.8, 4) is 22.7 Å². The number of nitrogens with one attached hydrogen (secondary N) is 1. The zero-order valence-electron chi connectivity index (χ0n) is 27.3. The summed E-state index contributed by atoms with van der Waals surface area (Å²) in [6.45, 7) is 1.59. The fourth-order valence-electron chi connectivity index (χ4n) is 6.24. The molecular weight excluding hydrogens is 729 g/mol. The van der Waals surface area contributed by atoms with Gasteiger partial charge in [-0.25, -0.2) is 9.78 Å². The SMILES string of the molecule is C[C@H]1Cn2c(c(C(=O)NCc3ccccc3-c3cccc(N)n3)n(-c3ccc(OC4CC4)cc3)c2=O)CN1C(=O)c1ccc(Br)c(C(F)(F)F)c1. The molecule has 1 fully saturated rings. The van der Waals surface area contributed by atoms with Gasteiger partial charge < -0.3 is 20.7 Å². The average Bonchev–Trinajstić information content (AvgIpc) is 3.88. The molecule has 1 aliphatic carbocycles. The zero-order valence-corrected chi connectivity index (χ0v) is 28.9. The minimum Gasteiger partial charge on any atom is -0.490 e. The van der Waals surface area contributed by atoms with Crippen LogP contribution in [0.25, 0.3) is 16.9 Å². The van der Waals surface area contributed by atoms with Crippen LogP contribution in [0.15, 0.2) is 94.2 Å². The van der Waals surface area contributed by atoms with Gasteiger partial charge in [-0.05, 0) is 79.9 Å². The van der Waals surface area contributed by atoms with E-state index in [1.54, 1.807) is 43.3 Å². The van der Waals surface area contributed by atoms with Gasteiger partial charge in [0.2, 0.25) is 0 Å². The highest BCUT2D eigenvalue weighted by atomic mass is 79.9. The average molecular weight is 762 g/mol. The van der Waals surface area contributed by atoms with Crippen LogP contribution in [0.4, 0.5) is 19.0 Å². The highest BCUT2D eigenvalue weighted by Crippen LogP contribution is 2.36. The maximum Gasteiger partial charge on any atom is 0.417 e. The number of anilines is 1. The Bertz CT molecular complexity index is 2210. The van der Waals surface area contributed by atoms with E-state index in [2.05, 4.69) is 26.2 Å². The number of ether oxygens (including phenoxy) is 1. The summed E-state index contributed by atoms with van der Waals surface area (Å²) in [5.41, 5.74) is 7.08. The lowest BCUT2D eigenvalue weighted by Gasteiger charge is -2.34. The van der Waals surface area contributed by atoms with Crippen LogP contribution in [0.1, 0.15) is 57.4 Å². The monoisotopic (exact) mass is 760 g/mol. The molecule has 0 saturated heterocycles. The van der Waals surface area contributed by atoms with Crippen LogP contribution in [0.5, 0.6) is 5.75 Å². The predicted octanol–water partition coefficient (Wildman–Crippen LogP) is 6.58. The van der Waals surface area contributed by atoms with Crippen LogP contribution in [-0.2, 0) is 25.8 Å². The number of pyridine rings is 1. The number of imidazole rings is 1. The molecule has 2 aromatic heterocycles. The highest BCUT2D eigenvalue weighted by molar-refractivity contribution is 9.10. The molecular formula is C37H32BrF3N6O4. The summed E-state index contributed by atoms with van der Waals surface area (Å²) in [5, 5.41) is 2.95. The van der Waals surface area contributed by atoms with Crippen molar-refractivity contribution >= 4 is 33.6 Å². The van der Waals surface area contributed by atoms with Crippen LogP contribution >= 0.6 is 15.9 Å². The van der Waals surface area contributed by atoms with Crippen LogP contribution in [0, 0.1) is 0 Å². The Morgan fingerprint density at radius 2 is 1.76 bits per heavy atom. The molecule has 1 atom stereocenters. The van der Waals surface area contributed by atoms with E-state index in [9.17, 15) is 27.6 Å². The van der Waals surface area contributed by atoms with Crippen molar-refractivity contribution in [3.63, 3.8) is 0 Å². The molecule has 2 aliphatic rings. The molecule has 3 aromatic carbocycles. The van der Waals surface area contributed by atoms with Gasteiger partial charge in [0.15, 0.2) is 0 Å². The van der Waals surface area contributed by atoms with Crippen molar-refractivity contribution in [2.75, 3.05) is 5.73 Å². The van der Waals surface area contributed by atoms with Gasteiger partial charge in [0, 0.05) is 34.7 Å². The van der Waals surface area contributed by atoms with E-state index < -0.39 is 35.3 Å². The first kappa shape index (κ1) is 34.1. The van der Waals surface area contributed by atoms with E-state index in [0.29, 0.717) is 22.9 Å². The molecule has 51 heavy (non-hydrogen) atoms. The number of benzene rings is 3. The summed E-state index contributed by atoms with van der Waals surface area (Å²) in [7, 11) is 0. The lowest BCUT2D eigenvalue weighted by molar-refractivity contribution is -0.138. The summed E-state index contributed by atoms with van der Waals surface area (Å²) in [6.07, 6.45) is -2.58. The summed E-state index contributed by atoms with van der Waals surface area (Å²) < 4.78 is 49.6. The van der Waals surface area contributed by atoms with Crippen molar-refractivity contribution in [3.05, 3.63) is 128 Å². The maximum atomic E-state index is 14.3. The van der Waals surface area contributed by atoms with E-state index in [1.807, 2.05) is 30.3 Å². The van der Waals surface area contributed by atoms with Gasteiger partial charge in [0.1, 0.15) is 17.3 Å². The van der Waals surface area contributed by atoms with Crippen molar-refractivity contribution in [1.29, 1.82) is 0 Å². The Morgan fingerprint density at radius 1 is 1.02 bits per heavy atom. The molecule has 0 radical (unpaired) electrons. The number of fused-ring (bicyclic) bond motifs is 1. The minimum atomic E-state index is -4.69. The molecule has 0 unspecified atom stereocenters. The highest BCUT2D eigenvalue weighted by Gasteiger charge is 2.37. The predicted molar refractivity (Wildman–Crippen MR) is 187 cm³/mol. The standard InChI is InChI=1S/C37H32BrF3N6O4/c1-21-19-46-31(20-45(21)35(49)22-9-16-29(38)28(17-22)37(39,40)41)33(47(36(46)50)24-10-12-25(13-11-24)51-26-14-15-26)34(48)43-18-23-5-2-3-6-27(23)30-7-4-8-32(42)44-30/h2-13,16-17,21,26H,14-15,18-20H2,1H3,(H2,42,44)(H,43,48)/t21-/m0/s1.